The zero-order chi connectivity index (χ0) is 23.1. The van der Waals surface area contributed by atoms with E-state index in [9.17, 15) is 18.0 Å². The second-order valence-electron chi connectivity index (χ2n) is 6.32. The number of hydrogen-bond donors (Lipinski definition) is 4. The van der Waals surface area contributed by atoms with E-state index >= 15 is 0 Å². The highest BCUT2D eigenvalue weighted by Crippen LogP contribution is 2.31. The molecule has 4 rings (SSSR count). The van der Waals surface area contributed by atoms with Crippen molar-refractivity contribution in [2.45, 2.75) is 19.3 Å². The normalized spacial score (nSPS) is 11.0. The molecule has 4 aromatic rings. The van der Waals surface area contributed by atoms with E-state index in [0.29, 0.717) is 13.1 Å². The number of fused-ring (bicyclic) bond motifs is 1. The summed E-state index contributed by atoms with van der Waals surface area (Å²) in [6.45, 7) is 1.23. The number of carboxylic acids is 1. The molecule has 0 aliphatic carbocycles. The average molecular weight is 483 g/mol. The number of carbonyl (C=O) groups excluding carboxylic acids is 1. The van der Waals surface area contributed by atoms with Crippen LogP contribution in [0.5, 0.6) is 0 Å². The quantitative estimate of drug-likeness (QED) is 0.314. The first-order valence-corrected chi connectivity index (χ1v) is 10.8. The van der Waals surface area contributed by atoms with Gasteiger partial charge < -0.3 is 20.7 Å². The molecule has 0 saturated carbocycles. The first-order valence-electron chi connectivity index (χ1n) is 9.08. The first-order chi connectivity index (χ1) is 15.2. The largest absolute Gasteiger partial charge is 0.490 e. The molecule has 0 fully saturated rings. The number of nitrogens with one attached hydrogen (secondary N) is 3. The number of thiophene rings is 2. The zero-order valence-electron chi connectivity index (χ0n) is 16.3. The Kier molecular flexibility index (Phi) is 7.49. The van der Waals surface area contributed by atoms with Gasteiger partial charge in [-0.1, -0.05) is 12.1 Å². The number of carbonyl (C=O) groups is 2. The van der Waals surface area contributed by atoms with E-state index in [0.717, 1.165) is 31.2 Å². The standard InChI is InChI=1S/C18H16N4OS2.C2HF3O2/c23-18(21-10-13-3-2-6-24-13)17-7-14-15(4-1-5-16(14)25-17)20-9-12-8-19-11-22-12;3-2(4,5)1(6)7/h1-8,11,20H,9-10H2,(H,19,22)(H,21,23);(H,6,7). The van der Waals surface area contributed by atoms with Gasteiger partial charge in [-0.2, -0.15) is 13.2 Å². The van der Waals surface area contributed by atoms with Crippen molar-refractivity contribution >= 4 is 50.3 Å². The summed E-state index contributed by atoms with van der Waals surface area (Å²) in [5, 5.41) is 16.6. The number of aromatic nitrogens is 2. The second-order valence-corrected chi connectivity index (χ2v) is 8.44. The van der Waals surface area contributed by atoms with Gasteiger partial charge in [-0.3, -0.25) is 4.79 Å². The second kappa shape index (κ2) is 10.3. The Labute approximate surface area is 187 Å². The number of carboxylic acid groups (broad SMARTS) is 1. The molecule has 0 aliphatic heterocycles. The van der Waals surface area contributed by atoms with Crippen molar-refractivity contribution < 1.29 is 27.9 Å². The maximum atomic E-state index is 12.4. The molecule has 3 heterocycles. The van der Waals surface area contributed by atoms with Gasteiger partial charge in [0.05, 0.1) is 30.0 Å². The van der Waals surface area contributed by atoms with Crippen LogP contribution in [0.3, 0.4) is 0 Å². The Bertz CT molecular complexity index is 1170. The van der Waals surface area contributed by atoms with Crippen LogP contribution in [0, 0.1) is 0 Å². The van der Waals surface area contributed by atoms with Gasteiger partial charge in [-0.25, -0.2) is 9.78 Å². The Hall–Kier alpha value is -3.38. The van der Waals surface area contributed by atoms with Crippen LogP contribution in [-0.2, 0) is 17.9 Å². The zero-order valence-corrected chi connectivity index (χ0v) is 17.9. The van der Waals surface area contributed by atoms with Crippen LogP contribution in [-0.4, -0.2) is 33.1 Å². The number of amides is 1. The first kappa shape index (κ1) is 23.3. The SMILES string of the molecule is O=C(NCc1cccs1)c1cc2c(NCc3cnc[nH]3)cccc2s1.O=C(O)C(F)(F)F. The highest BCUT2D eigenvalue weighted by molar-refractivity contribution is 7.20. The lowest BCUT2D eigenvalue weighted by Gasteiger charge is -2.06. The van der Waals surface area contributed by atoms with E-state index < -0.39 is 12.1 Å². The Morgan fingerprint density at radius 2 is 1.94 bits per heavy atom. The van der Waals surface area contributed by atoms with E-state index in [1.807, 2.05) is 41.8 Å². The highest BCUT2D eigenvalue weighted by Gasteiger charge is 2.38. The summed E-state index contributed by atoms with van der Waals surface area (Å²) >= 11 is 3.15. The number of H-pyrrole nitrogens is 1. The summed E-state index contributed by atoms with van der Waals surface area (Å²) < 4.78 is 32.8. The van der Waals surface area contributed by atoms with Gasteiger partial charge in [0.2, 0.25) is 0 Å². The van der Waals surface area contributed by atoms with Crippen LogP contribution in [0.4, 0.5) is 18.9 Å². The lowest BCUT2D eigenvalue weighted by molar-refractivity contribution is -0.192. The monoisotopic (exact) mass is 482 g/mol. The minimum Gasteiger partial charge on any atom is -0.475 e. The smallest absolute Gasteiger partial charge is 0.475 e. The predicted molar refractivity (Wildman–Crippen MR) is 117 cm³/mol. The number of benzene rings is 1. The summed E-state index contributed by atoms with van der Waals surface area (Å²) in [6.07, 6.45) is -1.62. The van der Waals surface area contributed by atoms with Gasteiger partial charge in [0.1, 0.15) is 0 Å². The van der Waals surface area contributed by atoms with Crippen molar-refractivity contribution in [1.82, 2.24) is 15.3 Å². The summed E-state index contributed by atoms with van der Waals surface area (Å²) in [7, 11) is 0. The molecule has 7 nitrogen and oxygen atoms in total. The number of rotatable bonds is 6. The fourth-order valence-electron chi connectivity index (χ4n) is 2.57. The molecule has 0 aliphatic rings. The molecule has 0 radical (unpaired) electrons. The number of imidazole rings is 1. The van der Waals surface area contributed by atoms with E-state index in [4.69, 9.17) is 9.90 Å². The summed E-state index contributed by atoms with van der Waals surface area (Å²) in [5.41, 5.74) is 2.03. The fourth-order valence-corrected chi connectivity index (χ4v) is 4.22. The molecular weight excluding hydrogens is 465 g/mol. The number of halogens is 3. The molecule has 4 N–H and O–H groups in total. The predicted octanol–water partition coefficient (Wildman–Crippen LogP) is 4.86. The van der Waals surface area contributed by atoms with Gasteiger partial charge in [0, 0.05) is 26.8 Å². The molecular formula is C20H17F3N4O3S2. The topological polar surface area (TPSA) is 107 Å². The van der Waals surface area contributed by atoms with Gasteiger partial charge in [-0.15, -0.1) is 22.7 Å². The van der Waals surface area contributed by atoms with Crippen molar-refractivity contribution in [1.29, 1.82) is 0 Å². The van der Waals surface area contributed by atoms with Gasteiger partial charge in [0.15, 0.2) is 0 Å². The number of aliphatic carboxylic acids is 1. The number of hydrogen-bond acceptors (Lipinski definition) is 6. The van der Waals surface area contributed by atoms with Crippen molar-refractivity contribution in [3.63, 3.8) is 0 Å². The molecule has 0 unspecified atom stereocenters. The highest BCUT2D eigenvalue weighted by atomic mass is 32.1. The lowest BCUT2D eigenvalue weighted by Crippen LogP contribution is -2.21. The van der Waals surface area contributed by atoms with Crippen molar-refractivity contribution in [2.75, 3.05) is 5.32 Å². The minimum atomic E-state index is -5.08. The Morgan fingerprint density at radius 1 is 1.16 bits per heavy atom. The minimum absolute atomic E-state index is 0.0332. The van der Waals surface area contributed by atoms with E-state index in [-0.39, 0.29) is 5.91 Å². The van der Waals surface area contributed by atoms with Crippen molar-refractivity contribution in [2.24, 2.45) is 0 Å². The molecule has 12 heteroatoms. The third-order valence-corrected chi connectivity index (χ3v) is 6.03. The molecule has 32 heavy (non-hydrogen) atoms. The molecule has 1 aromatic carbocycles. The van der Waals surface area contributed by atoms with Crippen LogP contribution in [0.25, 0.3) is 10.1 Å². The van der Waals surface area contributed by atoms with Crippen molar-refractivity contribution in [3.05, 3.63) is 69.8 Å². The van der Waals surface area contributed by atoms with Crippen LogP contribution >= 0.6 is 22.7 Å². The molecule has 0 bridgehead atoms. The number of aromatic amines is 1. The summed E-state index contributed by atoms with van der Waals surface area (Å²) in [5.74, 6) is -2.79. The molecule has 168 valence electrons. The Morgan fingerprint density at radius 3 is 2.56 bits per heavy atom. The van der Waals surface area contributed by atoms with Crippen molar-refractivity contribution in [3.8, 4) is 0 Å². The fraction of sp³-hybridized carbons (Fsp3) is 0.150. The molecule has 1 amide bonds. The van der Waals surface area contributed by atoms with Gasteiger partial charge >= 0.3 is 12.1 Å². The molecule has 0 spiro atoms. The summed E-state index contributed by atoms with van der Waals surface area (Å²) in [4.78, 5) is 30.3. The number of anilines is 1. The maximum absolute atomic E-state index is 12.4. The average Bonchev–Trinajstić information content (AvgIpc) is 3.52. The van der Waals surface area contributed by atoms with Gasteiger partial charge in [0.25, 0.3) is 5.91 Å². The molecule has 3 aromatic heterocycles. The summed E-state index contributed by atoms with van der Waals surface area (Å²) in [6, 6.07) is 12.0. The molecule has 0 atom stereocenters. The maximum Gasteiger partial charge on any atom is 0.490 e. The van der Waals surface area contributed by atoms with Crippen LogP contribution in [0.15, 0.2) is 54.3 Å². The van der Waals surface area contributed by atoms with E-state index in [1.54, 1.807) is 23.9 Å². The third-order valence-electron chi connectivity index (χ3n) is 4.06. The van der Waals surface area contributed by atoms with E-state index in [2.05, 4.69) is 20.6 Å². The number of nitrogens with zero attached hydrogens (tertiary/aromatic N) is 1. The van der Waals surface area contributed by atoms with E-state index in [1.165, 1.54) is 11.3 Å². The van der Waals surface area contributed by atoms with Crippen LogP contribution < -0.4 is 10.6 Å². The Balaban J connectivity index is 0.000000360. The van der Waals surface area contributed by atoms with Crippen LogP contribution in [0.1, 0.15) is 20.2 Å². The third kappa shape index (κ3) is 6.31. The van der Waals surface area contributed by atoms with Crippen LogP contribution in [0.2, 0.25) is 0 Å². The molecule has 0 saturated heterocycles. The lowest BCUT2D eigenvalue weighted by atomic mass is 10.2. The number of alkyl halides is 3. The van der Waals surface area contributed by atoms with Gasteiger partial charge in [-0.05, 0) is 29.6 Å².